The summed E-state index contributed by atoms with van der Waals surface area (Å²) in [5, 5.41) is 0. The molecule has 2 aliphatic carbocycles. The molecular weight excluding hydrogens is 208 g/mol. The molecule has 0 aliphatic heterocycles. The van der Waals surface area contributed by atoms with E-state index in [1.54, 1.807) is 6.20 Å². The van der Waals surface area contributed by atoms with E-state index in [9.17, 15) is 0 Å². The van der Waals surface area contributed by atoms with Crippen molar-refractivity contribution >= 4 is 5.69 Å². The van der Waals surface area contributed by atoms with Gasteiger partial charge in [0.1, 0.15) is 0 Å². The van der Waals surface area contributed by atoms with Crippen LogP contribution in [0, 0.1) is 5.92 Å². The fourth-order valence-corrected chi connectivity index (χ4v) is 2.36. The topological polar surface area (TPSA) is 38.9 Å². The molecule has 0 bridgehead atoms. The Hall–Kier alpha value is -1.05. The summed E-state index contributed by atoms with van der Waals surface area (Å²) >= 11 is 0. The van der Waals surface area contributed by atoms with Crippen molar-refractivity contribution in [3.63, 3.8) is 0 Å². The van der Waals surface area contributed by atoms with Gasteiger partial charge in [-0.2, -0.15) is 0 Å². The predicted molar refractivity (Wildman–Crippen MR) is 72.9 cm³/mol. The molecule has 0 amide bonds. The Balaban J connectivity index is 0.000000313. The number of nitrogens with zero attached hydrogens (tertiary/aromatic N) is 1. The van der Waals surface area contributed by atoms with Crippen LogP contribution in [0.25, 0.3) is 0 Å². The highest BCUT2D eigenvalue weighted by atomic mass is 14.7. The summed E-state index contributed by atoms with van der Waals surface area (Å²) in [6.07, 6.45) is 13.4. The molecule has 1 aromatic rings. The largest absolute Gasteiger partial charge is 0.397 e. The standard InChI is InChI=1S/C12H18N2.C3H6/c1-9-2-4-10(5-3-9)11-6-7-14-8-12(11)13;1-2-3-1/h6-10H,2-5,13H2,1H3;1-3H2. The highest BCUT2D eigenvalue weighted by molar-refractivity contribution is 5.46. The van der Waals surface area contributed by atoms with Gasteiger partial charge in [-0.05, 0) is 36.3 Å². The molecular formula is C15H24N2. The smallest absolute Gasteiger partial charge is 0.0535 e. The Labute approximate surface area is 105 Å². The predicted octanol–water partition coefficient (Wildman–Crippen LogP) is 4.13. The maximum absolute atomic E-state index is 5.92. The zero-order valence-electron chi connectivity index (χ0n) is 10.9. The molecule has 0 atom stereocenters. The second kappa shape index (κ2) is 6.04. The zero-order valence-corrected chi connectivity index (χ0v) is 10.9. The molecule has 2 heteroatoms. The lowest BCUT2D eigenvalue weighted by Gasteiger charge is -2.27. The number of rotatable bonds is 1. The lowest BCUT2D eigenvalue weighted by atomic mass is 9.79. The number of aromatic nitrogens is 1. The van der Waals surface area contributed by atoms with E-state index in [-0.39, 0.29) is 0 Å². The van der Waals surface area contributed by atoms with E-state index < -0.39 is 0 Å². The van der Waals surface area contributed by atoms with E-state index in [0.717, 1.165) is 11.6 Å². The van der Waals surface area contributed by atoms with E-state index >= 15 is 0 Å². The van der Waals surface area contributed by atoms with Gasteiger partial charge >= 0.3 is 0 Å². The van der Waals surface area contributed by atoms with Gasteiger partial charge in [-0.15, -0.1) is 0 Å². The molecule has 2 nitrogen and oxygen atoms in total. The molecule has 0 unspecified atom stereocenters. The SMILES string of the molecule is C1CC1.CC1CCC(c2ccncc2N)CC1. The van der Waals surface area contributed by atoms with Gasteiger partial charge in [-0.3, -0.25) is 4.98 Å². The van der Waals surface area contributed by atoms with Crippen molar-refractivity contribution in [2.45, 2.75) is 57.8 Å². The molecule has 0 spiro atoms. The summed E-state index contributed by atoms with van der Waals surface area (Å²) in [7, 11) is 0. The van der Waals surface area contributed by atoms with Gasteiger partial charge in [0.2, 0.25) is 0 Å². The summed E-state index contributed by atoms with van der Waals surface area (Å²) in [4.78, 5) is 4.03. The molecule has 94 valence electrons. The maximum atomic E-state index is 5.92. The van der Waals surface area contributed by atoms with Crippen molar-refractivity contribution in [3.05, 3.63) is 24.0 Å². The fraction of sp³-hybridized carbons (Fsp3) is 0.667. The summed E-state index contributed by atoms with van der Waals surface area (Å²) in [6, 6.07) is 2.08. The minimum atomic E-state index is 0.675. The van der Waals surface area contributed by atoms with Gasteiger partial charge < -0.3 is 5.73 Å². The van der Waals surface area contributed by atoms with Crippen LogP contribution in [0.2, 0.25) is 0 Å². The second-order valence-corrected chi connectivity index (χ2v) is 5.52. The molecule has 2 saturated carbocycles. The average molecular weight is 232 g/mol. The Morgan fingerprint density at radius 3 is 2.29 bits per heavy atom. The highest BCUT2D eigenvalue weighted by Gasteiger charge is 2.20. The lowest BCUT2D eigenvalue weighted by molar-refractivity contribution is 0.348. The fourth-order valence-electron chi connectivity index (χ4n) is 2.36. The summed E-state index contributed by atoms with van der Waals surface area (Å²) < 4.78 is 0. The van der Waals surface area contributed by atoms with Gasteiger partial charge in [0.05, 0.1) is 11.9 Å². The van der Waals surface area contributed by atoms with Gasteiger partial charge in [0.15, 0.2) is 0 Å². The lowest BCUT2D eigenvalue weighted by Crippen LogP contribution is -2.12. The Kier molecular flexibility index (Phi) is 4.41. The number of nitrogens with two attached hydrogens (primary N) is 1. The molecule has 2 fully saturated rings. The molecule has 2 N–H and O–H groups in total. The van der Waals surface area contributed by atoms with Crippen LogP contribution < -0.4 is 5.73 Å². The number of hydrogen-bond donors (Lipinski definition) is 1. The van der Waals surface area contributed by atoms with Crippen LogP contribution in [0.3, 0.4) is 0 Å². The molecule has 3 rings (SSSR count). The summed E-state index contributed by atoms with van der Waals surface area (Å²) in [6.45, 7) is 2.34. The van der Waals surface area contributed by atoms with E-state index in [0.29, 0.717) is 5.92 Å². The molecule has 0 radical (unpaired) electrons. The van der Waals surface area contributed by atoms with Crippen molar-refractivity contribution in [2.75, 3.05) is 5.73 Å². The van der Waals surface area contributed by atoms with Gasteiger partial charge in [0.25, 0.3) is 0 Å². The van der Waals surface area contributed by atoms with Crippen molar-refractivity contribution in [2.24, 2.45) is 5.92 Å². The van der Waals surface area contributed by atoms with E-state index in [1.807, 2.05) is 6.20 Å². The minimum Gasteiger partial charge on any atom is -0.397 e. The van der Waals surface area contributed by atoms with E-state index in [2.05, 4.69) is 18.0 Å². The third-order valence-electron chi connectivity index (χ3n) is 3.70. The number of pyridine rings is 1. The molecule has 0 saturated heterocycles. The third-order valence-corrected chi connectivity index (χ3v) is 3.70. The highest BCUT2D eigenvalue weighted by Crippen LogP contribution is 2.37. The van der Waals surface area contributed by atoms with Crippen LogP contribution >= 0.6 is 0 Å². The molecule has 1 aromatic heterocycles. The number of anilines is 1. The van der Waals surface area contributed by atoms with E-state index in [4.69, 9.17) is 5.73 Å². The van der Waals surface area contributed by atoms with Crippen LogP contribution in [-0.4, -0.2) is 4.98 Å². The quantitative estimate of drug-likeness (QED) is 0.790. The van der Waals surface area contributed by atoms with Gasteiger partial charge in [-0.1, -0.05) is 39.0 Å². The van der Waals surface area contributed by atoms with E-state index in [1.165, 1.54) is 50.5 Å². The Morgan fingerprint density at radius 2 is 1.76 bits per heavy atom. The first-order valence-corrected chi connectivity index (χ1v) is 6.96. The second-order valence-electron chi connectivity index (χ2n) is 5.52. The van der Waals surface area contributed by atoms with Crippen molar-refractivity contribution in [3.8, 4) is 0 Å². The minimum absolute atomic E-state index is 0.675. The van der Waals surface area contributed by atoms with Crippen LogP contribution in [0.1, 0.15) is 63.4 Å². The first kappa shape index (κ1) is 12.4. The Morgan fingerprint density at radius 1 is 1.12 bits per heavy atom. The average Bonchev–Trinajstić information content (AvgIpc) is 3.19. The van der Waals surface area contributed by atoms with Crippen molar-refractivity contribution in [1.82, 2.24) is 4.98 Å². The monoisotopic (exact) mass is 232 g/mol. The van der Waals surface area contributed by atoms with Crippen molar-refractivity contribution in [1.29, 1.82) is 0 Å². The first-order valence-electron chi connectivity index (χ1n) is 6.96. The van der Waals surface area contributed by atoms with Crippen LogP contribution in [-0.2, 0) is 0 Å². The molecule has 2 aliphatic rings. The summed E-state index contributed by atoms with van der Waals surface area (Å²) in [5.74, 6) is 1.57. The number of hydrogen-bond acceptors (Lipinski definition) is 2. The first-order chi connectivity index (χ1) is 8.27. The van der Waals surface area contributed by atoms with Crippen LogP contribution in [0.15, 0.2) is 18.5 Å². The molecule has 17 heavy (non-hydrogen) atoms. The van der Waals surface area contributed by atoms with Crippen LogP contribution in [0.4, 0.5) is 5.69 Å². The van der Waals surface area contributed by atoms with Gasteiger partial charge in [-0.25, -0.2) is 0 Å². The molecule has 0 aromatic carbocycles. The summed E-state index contributed by atoms with van der Waals surface area (Å²) in [5.41, 5.74) is 8.10. The van der Waals surface area contributed by atoms with Crippen LogP contribution in [0.5, 0.6) is 0 Å². The maximum Gasteiger partial charge on any atom is 0.0535 e. The van der Waals surface area contributed by atoms with Gasteiger partial charge in [0, 0.05) is 6.20 Å². The molecule has 1 heterocycles. The Bertz CT molecular complexity index is 336. The normalized spacial score (nSPS) is 26.9. The van der Waals surface area contributed by atoms with Crippen molar-refractivity contribution < 1.29 is 0 Å². The third kappa shape index (κ3) is 4.03. The zero-order chi connectivity index (χ0) is 12.1. The number of nitrogen functional groups attached to an aromatic ring is 1.